The van der Waals surface area contributed by atoms with Gasteiger partial charge >= 0.3 is 0 Å². The maximum absolute atomic E-state index is 13.6. The summed E-state index contributed by atoms with van der Waals surface area (Å²) in [6, 6.07) is 0. The Morgan fingerprint density at radius 2 is 1.56 bits per heavy atom. The lowest BCUT2D eigenvalue weighted by Gasteiger charge is -2.34. The summed E-state index contributed by atoms with van der Waals surface area (Å²) >= 11 is 0. The first-order valence-electron chi connectivity index (χ1n) is 4.20. The quantitative estimate of drug-likeness (QED) is 0.561. The molecular formula is C9H10F4O3. The molecule has 1 unspecified atom stereocenters. The topological polar surface area (TPSA) is 27.7 Å². The predicted octanol–water partition coefficient (Wildman–Crippen LogP) is 2.31. The fraction of sp³-hybridized carbons (Fsp3) is 0.556. The van der Waals surface area contributed by atoms with Crippen LogP contribution < -0.4 is 0 Å². The zero-order valence-electron chi connectivity index (χ0n) is 8.81. The Kier molecular flexibility index (Phi) is 3.59. The van der Waals surface area contributed by atoms with Gasteiger partial charge in [-0.05, 0) is 0 Å². The smallest absolute Gasteiger partial charge is 0.264 e. The van der Waals surface area contributed by atoms with Crippen LogP contribution in [0.3, 0.4) is 0 Å². The third-order valence-corrected chi connectivity index (χ3v) is 2.28. The lowest BCUT2D eigenvalue weighted by atomic mass is 10.0. The van der Waals surface area contributed by atoms with Gasteiger partial charge in [0.05, 0.1) is 7.11 Å². The highest BCUT2D eigenvalue weighted by Gasteiger charge is 2.54. The first kappa shape index (κ1) is 13.0. The second-order valence-electron chi connectivity index (χ2n) is 2.95. The van der Waals surface area contributed by atoms with Gasteiger partial charge < -0.3 is 14.2 Å². The highest BCUT2D eigenvalue weighted by molar-refractivity contribution is 5.37. The Balaban J connectivity index is 3.38. The number of ether oxygens (including phenoxy) is 3. The van der Waals surface area contributed by atoms with E-state index < -0.39 is 35.2 Å². The van der Waals surface area contributed by atoms with Crippen LogP contribution in [0.25, 0.3) is 0 Å². The molecule has 7 heteroatoms. The van der Waals surface area contributed by atoms with Gasteiger partial charge in [-0.25, -0.2) is 13.2 Å². The number of allylic oxidation sites excluding steroid dienone is 1. The molecule has 92 valence electrons. The molecule has 0 aromatic heterocycles. The van der Waals surface area contributed by atoms with Crippen molar-refractivity contribution in [3.05, 3.63) is 23.2 Å². The van der Waals surface area contributed by atoms with E-state index in [9.17, 15) is 17.6 Å². The van der Waals surface area contributed by atoms with Crippen LogP contribution in [0.4, 0.5) is 17.6 Å². The molecule has 0 spiro atoms. The fourth-order valence-electron chi connectivity index (χ4n) is 1.41. The van der Waals surface area contributed by atoms with E-state index >= 15 is 0 Å². The van der Waals surface area contributed by atoms with Gasteiger partial charge in [0.15, 0.2) is 11.6 Å². The van der Waals surface area contributed by atoms with Gasteiger partial charge in [-0.3, -0.25) is 0 Å². The molecule has 0 aliphatic heterocycles. The molecule has 0 heterocycles. The summed E-state index contributed by atoms with van der Waals surface area (Å²) in [7, 11) is 2.63. The second kappa shape index (κ2) is 4.42. The molecule has 0 aromatic carbocycles. The average Bonchev–Trinajstić information content (AvgIpc) is 2.29. The molecule has 0 radical (unpaired) electrons. The third kappa shape index (κ3) is 1.51. The minimum Gasteiger partial charge on any atom is -0.491 e. The summed E-state index contributed by atoms with van der Waals surface area (Å²) in [5.74, 6) is -8.88. The van der Waals surface area contributed by atoms with Gasteiger partial charge in [0.2, 0.25) is 17.8 Å². The Labute approximate surface area is 89.3 Å². The van der Waals surface area contributed by atoms with Crippen molar-refractivity contribution in [3.63, 3.8) is 0 Å². The Morgan fingerprint density at radius 1 is 1.06 bits per heavy atom. The van der Waals surface area contributed by atoms with Crippen LogP contribution in [0.1, 0.15) is 0 Å². The van der Waals surface area contributed by atoms with E-state index in [-0.39, 0.29) is 0 Å². The highest BCUT2D eigenvalue weighted by Crippen LogP contribution is 2.43. The van der Waals surface area contributed by atoms with Gasteiger partial charge in [-0.2, -0.15) is 4.39 Å². The molecule has 0 N–H and O–H groups in total. The van der Waals surface area contributed by atoms with Crippen LogP contribution in [0.2, 0.25) is 0 Å². The largest absolute Gasteiger partial charge is 0.491 e. The Bertz CT molecular complexity index is 347. The maximum Gasteiger partial charge on any atom is 0.264 e. The summed E-state index contributed by atoms with van der Waals surface area (Å²) < 4.78 is 66.6. The van der Waals surface area contributed by atoms with Crippen molar-refractivity contribution in [2.75, 3.05) is 21.3 Å². The van der Waals surface area contributed by atoms with Crippen LogP contribution in [0.15, 0.2) is 23.2 Å². The molecule has 0 fully saturated rings. The molecular weight excluding hydrogens is 232 g/mol. The lowest BCUT2D eigenvalue weighted by Crippen LogP contribution is -2.47. The first-order chi connectivity index (χ1) is 7.46. The third-order valence-electron chi connectivity index (χ3n) is 2.28. The summed E-state index contributed by atoms with van der Waals surface area (Å²) in [5.41, 5.74) is 0. The van der Waals surface area contributed by atoms with Crippen molar-refractivity contribution in [2.24, 2.45) is 0 Å². The molecule has 0 saturated carbocycles. The number of rotatable bonds is 3. The molecule has 1 aliphatic carbocycles. The van der Waals surface area contributed by atoms with Crippen molar-refractivity contribution in [2.45, 2.75) is 12.0 Å². The minimum absolute atomic E-state index is 0.869. The number of alkyl halides is 1. The molecule has 3 nitrogen and oxygen atoms in total. The first-order valence-corrected chi connectivity index (χ1v) is 4.20. The van der Waals surface area contributed by atoms with E-state index in [0.717, 1.165) is 21.3 Å². The summed E-state index contributed by atoms with van der Waals surface area (Å²) in [6.07, 6.45) is -2.64. The van der Waals surface area contributed by atoms with Gasteiger partial charge in [0.1, 0.15) is 0 Å². The summed E-state index contributed by atoms with van der Waals surface area (Å²) in [6.45, 7) is 0. The van der Waals surface area contributed by atoms with E-state index in [1.165, 1.54) is 0 Å². The van der Waals surface area contributed by atoms with Gasteiger partial charge in [0.25, 0.3) is 5.79 Å². The highest BCUT2D eigenvalue weighted by atomic mass is 19.2. The van der Waals surface area contributed by atoms with E-state index in [4.69, 9.17) is 0 Å². The van der Waals surface area contributed by atoms with Crippen molar-refractivity contribution in [3.8, 4) is 0 Å². The zero-order chi connectivity index (χ0) is 12.5. The second-order valence-corrected chi connectivity index (χ2v) is 2.95. The zero-order valence-corrected chi connectivity index (χ0v) is 8.81. The van der Waals surface area contributed by atoms with Gasteiger partial charge in [0, 0.05) is 14.2 Å². The molecule has 1 atom stereocenters. The van der Waals surface area contributed by atoms with Gasteiger partial charge in [-0.1, -0.05) is 0 Å². The van der Waals surface area contributed by atoms with E-state index in [1.54, 1.807) is 0 Å². The van der Waals surface area contributed by atoms with Crippen LogP contribution in [0, 0.1) is 0 Å². The van der Waals surface area contributed by atoms with Crippen LogP contribution in [-0.2, 0) is 14.2 Å². The number of hydrogen-bond donors (Lipinski definition) is 0. The molecule has 0 saturated heterocycles. The van der Waals surface area contributed by atoms with Crippen LogP contribution >= 0.6 is 0 Å². The average molecular weight is 242 g/mol. The summed E-state index contributed by atoms with van der Waals surface area (Å²) in [5, 5.41) is 0. The van der Waals surface area contributed by atoms with Crippen molar-refractivity contribution >= 4 is 0 Å². The summed E-state index contributed by atoms with van der Waals surface area (Å²) in [4.78, 5) is 0. The molecule has 1 aliphatic rings. The van der Waals surface area contributed by atoms with Crippen LogP contribution in [-0.4, -0.2) is 33.3 Å². The van der Waals surface area contributed by atoms with Crippen LogP contribution in [0.5, 0.6) is 0 Å². The maximum atomic E-state index is 13.6. The lowest BCUT2D eigenvalue weighted by molar-refractivity contribution is -0.225. The predicted molar refractivity (Wildman–Crippen MR) is 46.0 cm³/mol. The van der Waals surface area contributed by atoms with Crippen molar-refractivity contribution in [1.82, 2.24) is 0 Å². The monoisotopic (exact) mass is 242 g/mol. The number of halogens is 4. The van der Waals surface area contributed by atoms with E-state index in [0.29, 0.717) is 0 Å². The Hall–Kier alpha value is -1.08. The molecule has 0 aromatic rings. The number of methoxy groups -OCH3 is 3. The molecule has 16 heavy (non-hydrogen) atoms. The molecule has 0 amide bonds. The normalized spacial score (nSPS) is 25.1. The van der Waals surface area contributed by atoms with E-state index in [1.807, 2.05) is 0 Å². The molecule has 1 rings (SSSR count). The minimum atomic E-state index is -2.74. The van der Waals surface area contributed by atoms with Gasteiger partial charge in [-0.15, -0.1) is 0 Å². The Morgan fingerprint density at radius 3 is 1.94 bits per heavy atom. The fourth-order valence-corrected chi connectivity index (χ4v) is 1.41. The number of hydrogen-bond acceptors (Lipinski definition) is 3. The van der Waals surface area contributed by atoms with Crippen molar-refractivity contribution in [1.29, 1.82) is 0 Å². The standard InChI is InChI=1S/C9H10F4O3/c1-14-6-4(10)7(12)9(15-2,16-3)8(13)5(6)11/h7H,1-3H3. The van der Waals surface area contributed by atoms with Crippen molar-refractivity contribution < 1.29 is 31.8 Å². The molecule has 0 bridgehead atoms. The SMILES string of the molecule is COC1=C(F)C(F)C(OC)(OC)C(F)=C1F. The van der Waals surface area contributed by atoms with E-state index in [2.05, 4.69) is 14.2 Å².